The number of carboxylic acids is 2. The topological polar surface area (TPSA) is 144 Å². The van der Waals surface area contributed by atoms with Gasteiger partial charge < -0.3 is 35.1 Å². The lowest BCUT2D eigenvalue weighted by atomic mass is 9.94. The van der Waals surface area contributed by atoms with Crippen LogP contribution >= 0.6 is 11.3 Å². The standard InChI is InChI=1S/C10H17NOS.C4H6O6/c1-4-10(8-12,11(2)3)9-6-5-7-13-9;5-1(3(7)8)2(6)4(9)10/h5-7,12H,4,8H2,1-3H3;1-2,5-6H,(H,7,8)(H,9,10)/p-2/t;1-,2-/m.1/s1. The Labute approximate surface area is 138 Å². The largest absolute Gasteiger partial charge is 0.547 e. The van der Waals surface area contributed by atoms with E-state index >= 15 is 0 Å². The minimum absolute atomic E-state index is 0.178. The van der Waals surface area contributed by atoms with Crippen LogP contribution in [0.5, 0.6) is 0 Å². The molecular formula is C14H21NO7S-2. The third-order valence-corrected chi connectivity index (χ3v) is 4.53. The lowest BCUT2D eigenvalue weighted by molar-refractivity contribution is -0.333. The number of carbonyl (C=O) groups excluding carboxylic acids is 2. The first-order valence-corrected chi connectivity index (χ1v) is 7.62. The predicted octanol–water partition coefficient (Wildman–Crippen LogP) is -2.88. The molecule has 0 radical (unpaired) electrons. The van der Waals surface area contributed by atoms with E-state index in [-0.39, 0.29) is 12.1 Å². The average molecular weight is 347 g/mol. The number of carbonyl (C=O) groups is 2. The molecule has 0 aromatic carbocycles. The summed E-state index contributed by atoms with van der Waals surface area (Å²) in [5.74, 6) is -4.12. The molecule has 9 heteroatoms. The molecule has 0 aliphatic carbocycles. The molecule has 1 heterocycles. The molecule has 3 N–H and O–H groups in total. The summed E-state index contributed by atoms with van der Waals surface area (Å²) in [5, 5.41) is 47.3. The van der Waals surface area contributed by atoms with Crippen LogP contribution in [-0.2, 0) is 15.1 Å². The maximum absolute atomic E-state index is 9.63. The molecule has 0 fully saturated rings. The molecular weight excluding hydrogens is 326 g/mol. The van der Waals surface area contributed by atoms with Crippen LogP contribution in [0.15, 0.2) is 17.5 Å². The molecule has 8 nitrogen and oxygen atoms in total. The molecule has 1 rings (SSSR count). The summed E-state index contributed by atoms with van der Waals surface area (Å²) in [7, 11) is 4.03. The lowest BCUT2D eigenvalue weighted by Crippen LogP contribution is -2.51. The Balaban J connectivity index is 0.000000438. The summed E-state index contributed by atoms with van der Waals surface area (Å²) < 4.78 is 0. The van der Waals surface area contributed by atoms with Crippen LogP contribution in [0.4, 0.5) is 0 Å². The molecule has 0 aliphatic heterocycles. The van der Waals surface area contributed by atoms with Gasteiger partial charge in [-0.25, -0.2) is 0 Å². The number of aliphatic hydroxyl groups is 3. The van der Waals surface area contributed by atoms with E-state index in [1.807, 2.05) is 20.2 Å². The molecule has 1 aromatic rings. The van der Waals surface area contributed by atoms with Crippen molar-refractivity contribution in [2.45, 2.75) is 31.1 Å². The van der Waals surface area contributed by atoms with Crippen molar-refractivity contribution in [1.29, 1.82) is 0 Å². The van der Waals surface area contributed by atoms with Gasteiger partial charge in [0, 0.05) is 4.88 Å². The average Bonchev–Trinajstić information content (AvgIpc) is 3.02. The lowest BCUT2D eigenvalue weighted by Gasteiger charge is -2.36. The van der Waals surface area contributed by atoms with E-state index in [2.05, 4.69) is 23.3 Å². The molecule has 132 valence electrons. The summed E-state index contributed by atoms with van der Waals surface area (Å²) in [6, 6.07) is 4.12. The second-order valence-electron chi connectivity index (χ2n) is 4.94. The van der Waals surface area contributed by atoms with E-state index in [4.69, 9.17) is 10.2 Å². The summed E-state index contributed by atoms with van der Waals surface area (Å²) in [6.45, 7) is 2.28. The fourth-order valence-electron chi connectivity index (χ4n) is 1.84. The van der Waals surface area contributed by atoms with Gasteiger partial charge in [0.05, 0.1) is 24.1 Å². The van der Waals surface area contributed by atoms with Gasteiger partial charge in [-0.05, 0) is 32.0 Å². The molecule has 0 aliphatic rings. The predicted molar refractivity (Wildman–Crippen MR) is 79.1 cm³/mol. The van der Waals surface area contributed by atoms with Crippen molar-refractivity contribution in [2.24, 2.45) is 0 Å². The molecule has 0 spiro atoms. The van der Waals surface area contributed by atoms with Crippen molar-refractivity contribution < 1.29 is 35.1 Å². The highest BCUT2D eigenvalue weighted by Crippen LogP contribution is 2.32. The van der Waals surface area contributed by atoms with Gasteiger partial charge >= 0.3 is 0 Å². The Morgan fingerprint density at radius 2 is 1.74 bits per heavy atom. The highest BCUT2D eigenvalue weighted by Gasteiger charge is 2.32. The van der Waals surface area contributed by atoms with E-state index in [1.54, 1.807) is 11.3 Å². The first-order chi connectivity index (χ1) is 10.6. The van der Waals surface area contributed by atoms with E-state index in [9.17, 15) is 24.9 Å². The van der Waals surface area contributed by atoms with Gasteiger partial charge in [-0.1, -0.05) is 13.0 Å². The summed E-state index contributed by atoms with van der Waals surface area (Å²) in [6.07, 6.45) is -3.95. The van der Waals surface area contributed by atoms with Crippen molar-refractivity contribution in [3.63, 3.8) is 0 Å². The third-order valence-electron chi connectivity index (χ3n) is 3.46. The van der Waals surface area contributed by atoms with Crippen molar-refractivity contribution in [3.8, 4) is 0 Å². The summed E-state index contributed by atoms with van der Waals surface area (Å²) in [4.78, 5) is 22.6. The van der Waals surface area contributed by atoms with Crippen molar-refractivity contribution in [2.75, 3.05) is 20.7 Å². The SMILES string of the molecule is CCC(CO)(c1cccs1)N(C)C.O=C([O-])[C@H](O)[C@@H](O)C(=O)[O-]. The van der Waals surface area contributed by atoms with Crippen LogP contribution in [0.25, 0.3) is 0 Å². The van der Waals surface area contributed by atoms with E-state index in [1.165, 1.54) is 4.88 Å². The third kappa shape index (κ3) is 5.56. The summed E-state index contributed by atoms with van der Waals surface area (Å²) in [5.41, 5.74) is -0.186. The van der Waals surface area contributed by atoms with Gasteiger partial charge in [0.15, 0.2) is 0 Å². The van der Waals surface area contributed by atoms with Gasteiger partial charge in [0.1, 0.15) is 12.2 Å². The van der Waals surface area contributed by atoms with Crippen LogP contribution in [0.3, 0.4) is 0 Å². The molecule has 0 saturated heterocycles. The van der Waals surface area contributed by atoms with Gasteiger partial charge in [0.25, 0.3) is 0 Å². The number of aliphatic hydroxyl groups excluding tert-OH is 3. The Morgan fingerprint density at radius 1 is 1.26 bits per heavy atom. The van der Waals surface area contributed by atoms with Crippen LogP contribution in [0.2, 0.25) is 0 Å². The normalized spacial score (nSPS) is 16.0. The zero-order valence-electron chi connectivity index (χ0n) is 13.1. The molecule has 1 aromatic heterocycles. The van der Waals surface area contributed by atoms with Gasteiger partial charge in [-0.3, -0.25) is 4.90 Å². The van der Waals surface area contributed by atoms with E-state index in [0.717, 1.165) is 6.42 Å². The number of thiophene rings is 1. The maximum atomic E-state index is 9.63. The minimum atomic E-state index is -2.44. The van der Waals surface area contributed by atoms with Crippen LogP contribution in [0.1, 0.15) is 18.2 Å². The molecule has 3 atom stereocenters. The number of rotatable bonds is 7. The maximum Gasteiger partial charge on any atom is 0.124 e. The van der Waals surface area contributed by atoms with Gasteiger partial charge in [0.2, 0.25) is 0 Å². The molecule has 0 saturated carbocycles. The number of aliphatic carboxylic acids is 2. The second-order valence-corrected chi connectivity index (χ2v) is 5.89. The fraction of sp³-hybridized carbons (Fsp3) is 0.571. The monoisotopic (exact) mass is 347 g/mol. The number of hydrogen-bond donors (Lipinski definition) is 3. The smallest absolute Gasteiger partial charge is 0.124 e. The zero-order chi connectivity index (χ0) is 18.2. The molecule has 0 amide bonds. The second kappa shape index (κ2) is 9.58. The van der Waals surface area contributed by atoms with E-state index < -0.39 is 24.1 Å². The minimum Gasteiger partial charge on any atom is -0.547 e. The van der Waals surface area contributed by atoms with Crippen LogP contribution in [0, 0.1) is 0 Å². The first kappa shape index (κ1) is 21.5. The van der Waals surface area contributed by atoms with Crippen LogP contribution in [-0.4, -0.2) is 65.1 Å². The van der Waals surface area contributed by atoms with Gasteiger partial charge in [-0.2, -0.15) is 0 Å². The molecule has 0 bridgehead atoms. The Hall–Kier alpha value is -1.52. The first-order valence-electron chi connectivity index (χ1n) is 6.74. The van der Waals surface area contributed by atoms with Gasteiger partial charge in [-0.15, -0.1) is 11.3 Å². The van der Waals surface area contributed by atoms with Crippen LogP contribution < -0.4 is 10.2 Å². The van der Waals surface area contributed by atoms with E-state index in [0.29, 0.717) is 0 Å². The van der Waals surface area contributed by atoms with Crippen molar-refractivity contribution in [3.05, 3.63) is 22.4 Å². The Bertz CT molecular complexity index is 467. The fourth-order valence-corrected chi connectivity index (χ4v) is 2.91. The number of likely N-dealkylation sites (N-methyl/N-ethyl adjacent to an activating group) is 1. The quantitative estimate of drug-likeness (QED) is 0.477. The highest BCUT2D eigenvalue weighted by atomic mass is 32.1. The number of carboxylic acid groups (broad SMARTS) is 2. The number of hydrogen-bond acceptors (Lipinski definition) is 9. The van der Waals surface area contributed by atoms with Crippen molar-refractivity contribution in [1.82, 2.24) is 4.90 Å². The highest BCUT2D eigenvalue weighted by molar-refractivity contribution is 7.10. The molecule has 1 unspecified atom stereocenters. The zero-order valence-corrected chi connectivity index (χ0v) is 13.9. The Kier molecular flexibility index (Phi) is 8.95. The van der Waals surface area contributed by atoms with Crippen molar-refractivity contribution >= 4 is 23.3 Å². The summed E-state index contributed by atoms with van der Waals surface area (Å²) >= 11 is 1.71. The molecule has 23 heavy (non-hydrogen) atoms. The Morgan fingerprint density at radius 3 is 1.96 bits per heavy atom. The number of nitrogens with zero attached hydrogens (tertiary/aromatic N) is 1.